The van der Waals surface area contributed by atoms with E-state index in [4.69, 9.17) is 0 Å². The first kappa shape index (κ1) is 25.8. The Morgan fingerprint density at radius 3 is 2.55 bits per heavy atom. The Morgan fingerprint density at radius 1 is 1.03 bits per heavy atom. The summed E-state index contributed by atoms with van der Waals surface area (Å²) in [7, 11) is 0. The monoisotopic (exact) mass is 396 g/mol. The maximum Gasteiger partial charge on any atom is 0.0233 e. The molecule has 0 heterocycles. The maximum atomic E-state index is 3.71. The molecule has 164 valence electrons. The van der Waals surface area contributed by atoms with Gasteiger partial charge in [0.25, 0.3) is 0 Å². The summed E-state index contributed by atoms with van der Waals surface area (Å²) >= 11 is 0. The van der Waals surface area contributed by atoms with E-state index < -0.39 is 0 Å². The second kappa shape index (κ2) is 16.6. The van der Waals surface area contributed by atoms with Gasteiger partial charge >= 0.3 is 0 Å². The van der Waals surface area contributed by atoms with Gasteiger partial charge in [0, 0.05) is 12.3 Å². The molecule has 0 saturated heterocycles. The highest BCUT2D eigenvalue weighted by molar-refractivity contribution is 5.37. The molecule has 2 unspecified atom stereocenters. The average Bonchev–Trinajstić information content (AvgIpc) is 2.73. The van der Waals surface area contributed by atoms with Gasteiger partial charge in [-0.25, -0.2) is 0 Å². The fraction of sp³-hybridized carbons (Fsp3) is 0.724. The first-order chi connectivity index (χ1) is 14.1. The molecule has 0 aromatic rings. The van der Waals surface area contributed by atoms with Gasteiger partial charge in [-0.15, -0.1) is 5.92 Å². The molecule has 0 N–H and O–H groups in total. The number of hydrogen-bond acceptors (Lipinski definition) is 0. The van der Waals surface area contributed by atoms with Gasteiger partial charge in [-0.1, -0.05) is 95.9 Å². The molecule has 0 aromatic carbocycles. The van der Waals surface area contributed by atoms with Crippen molar-refractivity contribution in [1.82, 2.24) is 0 Å². The van der Waals surface area contributed by atoms with Crippen LogP contribution in [0, 0.1) is 29.6 Å². The van der Waals surface area contributed by atoms with Gasteiger partial charge in [0.05, 0.1) is 0 Å². The molecule has 1 aliphatic carbocycles. The minimum Gasteiger partial charge on any atom is -0.103 e. The highest BCUT2D eigenvalue weighted by Gasteiger charge is 2.28. The van der Waals surface area contributed by atoms with Crippen molar-refractivity contribution in [3.05, 3.63) is 35.5 Å². The Bertz CT molecular complexity index is 563. The van der Waals surface area contributed by atoms with Crippen LogP contribution in [0.4, 0.5) is 0 Å². The second-order valence-corrected chi connectivity index (χ2v) is 9.04. The van der Waals surface area contributed by atoms with Crippen LogP contribution in [0.3, 0.4) is 0 Å². The minimum absolute atomic E-state index is 0.661. The van der Waals surface area contributed by atoms with E-state index in [1.54, 1.807) is 0 Å². The lowest BCUT2D eigenvalue weighted by atomic mass is 9.71. The molecule has 0 aromatic heterocycles. The van der Waals surface area contributed by atoms with Gasteiger partial charge < -0.3 is 0 Å². The molecule has 0 amide bonds. The van der Waals surface area contributed by atoms with Crippen molar-refractivity contribution in [2.45, 2.75) is 118 Å². The highest BCUT2D eigenvalue weighted by Crippen LogP contribution is 2.37. The first-order valence-corrected chi connectivity index (χ1v) is 12.6. The van der Waals surface area contributed by atoms with Crippen LogP contribution in [0.2, 0.25) is 0 Å². The van der Waals surface area contributed by atoms with Gasteiger partial charge in [-0.3, -0.25) is 0 Å². The van der Waals surface area contributed by atoms with Crippen LogP contribution in [-0.2, 0) is 0 Å². The third-order valence-corrected chi connectivity index (χ3v) is 6.64. The van der Waals surface area contributed by atoms with Crippen molar-refractivity contribution in [3.8, 4) is 11.8 Å². The standard InChI is InChI=1S/C29H48/c1-6-9-11-12-17-24-29-26(5)19-18-23-28(29)22-16-14-13-15-21-27(20-10-7-2)25(4)8-3/h8,10,20-21,26,28-29H,6-7,9,11-15,17-19,23-24H2,1-5H3/b20-10-,25-8+,27-21+/t26?,28?,29-/m0/s1. The molecular formula is C29H48. The number of unbranched alkanes of at least 4 members (excludes halogenated alkanes) is 6. The predicted molar refractivity (Wildman–Crippen MR) is 132 cm³/mol. The van der Waals surface area contributed by atoms with Crippen molar-refractivity contribution in [1.29, 1.82) is 0 Å². The van der Waals surface area contributed by atoms with Crippen molar-refractivity contribution in [2.75, 3.05) is 0 Å². The molecule has 0 nitrogen and oxygen atoms in total. The lowest BCUT2D eigenvalue weighted by molar-refractivity contribution is 0.189. The van der Waals surface area contributed by atoms with E-state index in [0.717, 1.165) is 31.1 Å². The summed E-state index contributed by atoms with van der Waals surface area (Å²) in [5, 5.41) is 0. The van der Waals surface area contributed by atoms with E-state index in [1.165, 1.54) is 75.4 Å². The van der Waals surface area contributed by atoms with E-state index in [2.05, 4.69) is 70.8 Å². The topological polar surface area (TPSA) is 0 Å². The van der Waals surface area contributed by atoms with Crippen LogP contribution in [0.5, 0.6) is 0 Å². The normalized spacial score (nSPS) is 23.3. The largest absolute Gasteiger partial charge is 0.103 e. The maximum absolute atomic E-state index is 3.71. The quantitative estimate of drug-likeness (QED) is 0.175. The third kappa shape index (κ3) is 10.9. The first-order valence-electron chi connectivity index (χ1n) is 12.6. The Kier molecular flexibility index (Phi) is 14.7. The zero-order valence-corrected chi connectivity index (χ0v) is 20.2. The molecule has 0 bridgehead atoms. The van der Waals surface area contributed by atoms with Crippen molar-refractivity contribution in [3.63, 3.8) is 0 Å². The van der Waals surface area contributed by atoms with Gasteiger partial charge in [-0.05, 0) is 68.9 Å². The molecule has 0 aliphatic heterocycles. The summed E-state index contributed by atoms with van der Waals surface area (Å²) in [5.41, 5.74) is 2.75. The van der Waals surface area contributed by atoms with E-state index >= 15 is 0 Å². The van der Waals surface area contributed by atoms with Crippen LogP contribution in [-0.4, -0.2) is 0 Å². The summed E-state index contributed by atoms with van der Waals surface area (Å²) in [6.07, 6.45) is 26.1. The van der Waals surface area contributed by atoms with Crippen molar-refractivity contribution in [2.24, 2.45) is 17.8 Å². The van der Waals surface area contributed by atoms with Gasteiger partial charge in [0.15, 0.2) is 0 Å². The van der Waals surface area contributed by atoms with Crippen LogP contribution in [0.25, 0.3) is 0 Å². The van der Waals surface area contributed by atoms with E-state index in [-0.39, 0.29) is 0 Å². The molecule has 0 heteroatoms. The van der Waals surface area contributed by atoms with Gasteiger partial charge in [0.2, 0.25) is 0 Å². The van der Waals surface area contributed by atoms with Crippen molar-refractivity contribution >= 4 is 0 Å². The van der Waals surface area contributed by atoms with Crippen molar-refractivity contribution < 1.29 is 0 Å². The SMILES string of the molecule is C/C=C(C)/C(/C=C\CC)=C/CCCC#CC1CCCC(C)[C@@H]1CCCCCCC. The smallest absolute Gasteiger partial charge is 0.0233 e. The summed E-state index contributed by atoms with van der Waals surface area (Å²) in [6.45, 7) is 11.3. The zero-order chi connectivity index (χ0) is 21.3. The average molecular weight is 397 g/mol. The van der Waals surface area contributed by atoms with E-state index in [0.29, 0.717) is 5.92 Å². The van der Waals surface area contributed by atoms with Crippen LogP contribution in [0.1, 0.15) is 118 Å². The fourth-order valence-corrected chi connectivity index (χ4v) is 4.56. The third-order valence-electron chi connectivity index (χ3n) is 6.64. The molecule has 3 atom stereocenters. The molecule has 1 fully saturated rings. The molecular weight excluding hydrogens is 348 g/mol. The number of allylic oxidation sites excluding steroid dienone is 6. The number of rotatable bonds is 12. The molecule has 0 spiro atoms. The number of hydrogen-bond donors (Lipinski definition) is 0. The minimum atomic E-state index is 0.661. The molecule has 1 aliphatic rings. The van der Waals surface area contributed by atoms with Gasteiger partial charge in [0.1, 0.15) is 0 Å². The van der Waals surface area contributed by atoms with E-state index in [1.807, 2.05) is 0 Å². The summed E-state index contributed by atoms with van der Waals surface area (Å²) in [6, 6.07) is 0. The predicted octanol–water partition coefficient (Wildman–Crippen LogP) is 9.43. The lowest BCUT2D eigenvalue weighted by Gasteiger charge is -2.34. The zero-order valence-electron chi connectivity index (χ0n) is 20.2. The summed E-state index contributed by atoms with van der Waals surface area (Å²) in [4.78, 5) is 0. The summed E-state index contributed by atoms with van der Waals surface area (Å²) < 4.78 is 0. The Labute approximate surface area is 183 Å². The van der Waals surface area contributed by atoms with Crippen LogP contribution < -0.4 is 0 Å². The van der Waals surface area contributed by atoms with Crippen LogP contribution >= 0.6 is 0 Å². The Hall–Kier alpha value is -1.22. The summed E-state index contributed by atoms with van der Waals surface area (Å²) in [5.74, 6) is 9.66. The molecule has 29 heavy (non-hydrogen) atoms. The highest BCUT2D eigenvalue weighted by atomic mass is 14.3. The van der Waals surface area contributed by atoms with Gasteiger partial charge in [-0.2, -0.15) is 0 Å². The Balaban J connectivity index is 2.48. The Morgan fingerprint density at radius 2 is 1.83 bits per heavy atom. The molecule has 1 saturated carbocycles. The fourth-order valence-electron chi connectivity index (χ4n) is 4.56. The van der Waals surface area contributed by atoms with E-state index in [9.17, 15) is 0 Å². The molecule has 0 radical (unpaired) electrons. The van der Waals surface area contributed by atoms with Crippen LogP contribution in [0.15, 0.2) is 35.5 Å². The lowest BCUT2D eigenvalue weighted by Crippen LogP contribution is -2.25. The second-order valence-electron chi connectivity index (χ2n) is 9.04. The molecule has 1 rings (SSSR count).